The number of benzene rings is 2. The summed E-state index contributed by atoms with van der Waals surface area (Å²) >= 11 is 7.58. The lowest BCUT2D eigenvalue weighted by Gasteiger charge is -2.25. The molecule has 3 aromatic rings. The molecule has 0 saturated carbocycles. The second-order valence-electron chi connectivity index (χ2n) is 8.14. The summed E-state index contributed by atoms with van der Waals surface area (Å²) in [5.74, 6) is -0.843. The molecule has 0 aliphatic carbocycles. The molecule has 0 radical (unpaired) electrons. The number of rotatable bonds is 9. The van der Waals surface area contributed by atoms with Crippen LogP contribution < -0.4 is 4.74 Å². The Morgan fingerprint density at radius 2 is 1.79 bits per heavy atom. The largest absolute Gasteiger partial charge is 0.507 e. The van der Waals surface area contributed by atoms with E-state index in [9.17, 15) is 14.7 Å². The predicted molar refractivity (Wildman–Crippen MR) is 135 cm³/mol. The van der Waals surface area contributed by atoms with Gasteiger partial charge in [-0.1, -0.05) is 49.6 Å². The number of amides is 1. The fourth-order valence-corrected chi connectivity index (χ4v) is 4.84. The average molecular weight is 496 g/mol. The van der Waals surface area contributed by atoms with Crippen LogP contribution in [-0.4, -0.2) is 28.3 Å². The predicted octanol–water partition coefficient (Wildman–Crippen LogP) is 6.59. The van der Waals surface area contributed by atoms with Crippen LogP contribution in [0.15, 0.2) is 71.6 Å². The van der Waals surface area contributed by atoms with Crippen molar-refractivity contribution in [3.8, 4) is 5.75 Å². The van der Waals surface area contributed by atoms with Crippen molar-refractivity contribution >= 4 is 40.4 Å². The highest BCUT2D eigenvalue weighted by molar-refractivity contribution is 7.09. The van der Waals surface area contributed by atoms with E-state index in [4.69, 9.17) is 16.3 Å². The van der Waals surface area contributed by atoms with E-state index in [2.05, 4.69) is 6.92 Å². The van der Waals surface area contributed by atoms with Gasteiger partial charge in [0.05, 0.1) is 24.8 Å². The van der Waals surface area contributed by atoms with E-state index in [1.165, 1.54) is 16.2 Å². The lowest BCUT2D eigenvalue weighted by Crippen LogP contribution is -2.28. The van der Waals surface area contributed by atoms with Gasteiger partial charge in [0, 0.05) is 15.5 Å². The number of nitrogens with zero attached hydrogens (tertiary/aromatic N) is 1. The first-order valence-electron chi connectivity index (χ1n) is 11.3. The molecule has 0 bridgehead atoms. The summed E-state index contributed by atoms with van der Waals surface area (Å²) in [7, 11) is 0. The molecule has 1 aliphatic heterocycles. The first-order chi connectivity index (χ1) is 16.5. The molecule has 1 aliphatic rings. The van der Waals surface area contributed by atoms with E-state index in [0.29, 0.717) is 28.5 Å². The van der Waals surface area contributed by atoms with Crippen LogP contribution in [-0.2, 0) is 16.1 Å². The third kappa shape index (κ3) is 5.18. The van der Waals surface area contributed by atoms with Gasteiger partial charge in [-0.3, -0.25) is 9.59 Å². The smallest absolute Gasteiger partial charge is 0.295 e. The minimum atomic E-state index is -0.718. The van der Waals surface area contributed by atoms with Gasteiger partial charge < -0.3 is 14.7 Å². The number of ether oxygens (including phenoxy) is 1. The minimum absolute atomic E-state index is 0.0699. The normalized spacial score (nSPS) is 17.4. The van der Waals surface area contributed by atoms with E-state index < -0.39 is 17.7 Å². The molecule has 7 heteroatoms. The van der Waals surface area contributed by atoms with Crippen LogP contribution in [0.2, 0.25) is 5.02 Å². The molecule has 1 amide bonds. The molecular formula is C27H26ClNO4S. The van der Waals surface area contributed by atoms with Gasteiger partial charge in [0.2, 0.25) is 0 Å². The van der Waals surface area contributed by atoms with E-state index >= 15 is 0 Å². The number of ketones is 1. The molecule has 2 aromatic carbocycles. The standard InChI is InChI=1S/C27H26ClNO4S/c1-2-3-4-15-33-21-13-9-19(10-14-21)25(30)23-24(18-7-11-20(28)12-8-18)29(27(32)26(23)31)17-22-6-5-16-34-22/h5-14,16,24,30H,2-4,15,17H2,1H3/b25-23-. The number of hydrogen-bond donors (Lipinski definition) is 1. The van der Waals surface area contributed by atoms with E-state index in [-0.39, 0.29) is 17.9 Å². The molecule has 176 valence electrons. The molecule has 1 aromatic heterocycles. The van der Waals surface area contributed by atoms with Crippen LogP contribution in [0, 0.1) is 0 Å². The van der Waals surface area contributed by atoms with Gasteiger partial charge in [-0.15, -0.1) is 11.3 Å². The molecule has 34 heavy (non-hydrogen) atoms. The maximum absolute atomic E-state index is 13.1. The fraction of sp³-hybridized carbons (Fsp3) is 0.259. The maximum Gasteiger partial charge on any atom is 0.295 e. The number of thiophene rings is 1. The molecule has 1 fully saturated rings. The number of carbonyl (C=O) groups is 2. The zero-order valence-corrected chi connectivity index (χ0v) is 20.4. The molecule has 1 N–H and O–H groups in total. The summed E-state index contributed by atoms with van der Waals surface area (Å²) in [4.78, 5) is 28.6. The van der Waals surface area contributed by atoms with Crippen molar-refractivity contribution in [2.24, 2.45) is 0 Å². The van der Waals surface area contributed by atoms with Crippen molar-refractivity contribution in [3.05, 3.63) is 92.6 Å². The first-order valence-corrected chi connectivity index (χ1v) is 12.5. The summed E-state index contributed by atoms with van der Waals surface area (Å²) in [6.45, 7) is 3.04. The fourth-order valence-electron chi connectivity index (χ4n) is 4.01. The van der Waals surface area contributed by atoms with Crippen molar-refractivity contribution in [2.75, 3.05) is 6.61 Å². The minimum Gasteiger partial charge on any atom is -0.507 e. The average Bonchev–Trinajstić information content (AvgIpc) is 3.45. The van der Waals surface area contributed by atoms with Gasteiger partial charge in [0.1, 0.15) is 11.5 Å². The Kier molecular flexibility index (Phi) is 7.70. The second kappa shape index (κ2) is 10.9. The Hall–Kier alpha value is -3.09. The SMILES string of the molecule is CCCCCOc1ccc(/C(O)=C2/C(=O)C(=O)N(Cc3cccs3)C2c2ccc(Cl)cc2)cc1. The molecule has 1 unspecified atom stereocenters. The number of likely N-dealkylation sites (tertiary alicyclic amines) is 1. The van der Waals surface area contributed by atoms with Gasteiger partial charge >= 0.3 is 0 Å². The summed E-state index contributed by atoms with van der Waals surface area (Å²) in [6.07, 6.45) is 3.21. The number of aliphatic hydroxyl groups is 1. The molecule has 1 atom stereocenters. The number of hydrogen-bond acceptors (Lipinski definition) is 5. The molecule has 2 heterocycles. The Labute approximate surface area is 208 Å². The molecule has 1 saturated heterocycles. The maximum atomic E-state index is 13.1. The molecular weight excluding hydrogens is 470 g/mol. The van der Waals surface area contributed by atoms with Crippen LogP contribution in [0.25, 0.3) is 5.76 Å². The Balaban J connectivity index is 1.69. The van der Waals surface area contributed by atoms with Crippen LogP contribution in [0.5, 0.6) is 5.75 Å². The number of unbranched alkanes of at least 4 members (excludes halogenated alkanes) is 2. The van der Waals surface area contributed by atoms with Crippen LogP contribution in [0.3, 0.4) is 0 Å². The number of carbonyl (C=O) groups excluding carboxylic acids is 2. The second-order valence-corrected chi connectivity index (χ2v) is 9.61. The molecule has 5 nitrogen and oxygen atoms in total. The Morgan fingerprint density at radius 3 is 2.44 bits per heavy atom. The van der Waals surface area contributed by atoms with E-state index in [1.54, 1.807) is 48.5 Å². The van der Waals surface area contributed by atoms with Crippen molar-refractivity contribution in [3.63, 3.8) is 0 Å². The van der Waals surface area contributed by atoms with Gasteiger partial charge in [0.25, 0.3) is 11.7 Å². The van der Waals surface area contributed by atoms with Crippen LogP contribution >= 0.6 is 22.9 Å². The van der Waals surface area contributed by atoms with Crippen LogP contribution in [0.1, 0.15) is 48.2 Å². The highest BCUT2D eigenvalue weighted by Crippen LogP contribution is 2.41. The highest BCUT2D eigenvalue weighted by atomic mass is 35.5. The third-order valence-electron chi connectivity index (χ3n) is 5.78. The summed E-state index contributed by atoms with van der Waals surface area (Å²) in [6, 6.07) is 17.0. The van der Waals surface area contributed by atoms with Crippen molar-refractivity contribution in [1.82, 2.24) is 4.90 Å². The van der Waals surface area contributed by atoms with Gasteiger partial charge in [-0.2, -0.15) is 0 Å². The van der Waals surface area contributed by atoms with Crippen molar-refractivity contribution in [1.29, 1.82) is 0 Å². The first kappa shape index (κ1) is 24.0. The van der Waals surface area contributed by atoms with Gasteiger partial charge in [0.15, 0.2) is 0 Å². The van der Waals surface area contributed by atoms with E-state index in [0.717, 1.165) is 24.1 Å². The number of Topliss-reactive ketones (excluding diaryl/α,β-unsaturated/α-hetero) is 1. The van der Waals surface area contributed by atoms with Gasteiger partial charge in [-0.25, -0.2) is 0 Å². The summed E-state index contributed by atoms with van der Waals surface area (Å²) in [5.41, 5.74) is 1.23. The lowest BCUT2D eigenvalue weighted by molar-refractivity contribution is -0.140. The number of halogens is 1. The van der Waals surface area contributed by atoms with Crippen molar-refractivity contribution < 1.29 is 19.4 Å². The summed E-state index contributed by atoms with van der Waals surface area (Å²) in [5, 5.41) is 13.7. The van der Waals surface area contributed by atoms with Gasteiger partial charge in [-0.05, 0) is 59.8 Å². The van der Waals surface area contributed by atoms with Crippen LogP contribution in [0.4, 0.5) is 0 Å². The third-order valence-corrected chi connectivity index (χ3v) is 6.89. The quantitative estimate of drug-likeness (QED) is 0.157. The lowest BCUT2D eigenvalue weighted by atomic mass is 9.95. The zero-order valence-electron chi connectivity index (χ0n) is 18.9. The number of aliphatic hydroxyl groups excluding tert-OH is 1. The molecule has 4 rings (SSSR count). The topological polar surface area (TPSA) is 66.8 Å². The zero-order chi connectivity index (χ0) is 24.1. The van der Waals surface area contributed by atoms with Crippen molar-refractivity contribution in [2.45, 2.75) is 38.8 Å². The monoisotopic (exact) mass is 495 g/mol. The molecule has 0 spiro atoms. The van der Waals surface area contributed by atoms with E-state index in [1.807, 2.05) is 17.5 Å². The highest BCUT2D eigenvalue weighted by Gasteiger charge is 2.46. The summed E-state index contributed by atoms with van der Waals surface area (Å²) < 4.78 is 5.75. The Morgan fingerprint density at radius 1 is 1.06 bits per heavy atom. The Bertz CT molecular complexity index is 1170.